The molecule has 8 heteroatoms. The van der Waals surface area contributed by atoms with Gasteiger partial charge in [0.15, 0.2) is 11.4 Å². The lowest BCUT2D eigenvalue weighted by atomic mass is 10.0. The molecule has 1 atom stereocenters. The summed E-state index contributed by atoms with van der Waals surface area (Å²) in [5.41, 5.74) is 3.04. The highest BCUT2D eigenvalue weighted by atomic mass is 16.5. The molecular formula is C30H41N5O3. The second-order valence-corrected chi connectivity index (χ2v) is 10.4. The molecule has 8 nitrogen and oxygen atoms in total. The number of likely N-dealkylation sites (tertiary alicyclic amines) is 1. The Balaban J connectivity index is 1.59. The van der Waals surface area contributed by atoms with E-state index in [9.17, 15) is 9.59 Å². The third kappa shape index (κ3) is 6.18. The third-order valence-electron chi connectivity index (χ3n) is 7.23. The number of rotatable bonds is 10. The fraction of sp³-hybridized carbons (Fsp3) is 0.500. The molecule has 1 fully saturated rings. The molecule has 2 aromatic heterocycles. The van der Waals surface area contributed by atoms with Crippen molar-refractivity contribution >= 4 is 28.5 Å². The molecular weight excluding hydrogens is 478 g/mol. The van der Waals surface area contributed by atoms with E-state index in [1.54, 1.807) is 16.7 Å². The number of piperidine rings is 1. The predicted molar refractivity (Wildman–Crippen MR) is 152 cm³/mol. The molecule has 2 N–H and O–H groups in total. The number of pyridine rings is 1. The molecule has 3 aromatic rings. The number of benzene rings is 1. The van der Waals surface area contributed by atoms with Gasteiger partial charge in [0.05, 0.1) is 22.9 Å². The van der Waals surface area contributed by atoms with Crippen LogP contribution in [0.4, 0.5) is 5.69 Å². The van der Waals surface area contributed by atoms with Gasteiger partial charge in [-0.3, -0.25) is 9.59 Å². The van der Waals surface area contributed by atoms with Crippen molar-refractivity contribution in [3.63, 3.8) is 0 Å². The number of ether oxygens (including phenoxy) is 1. The molecule has 38 heavy (non-hydrogen) atoms. The molecule has 0 bridgehead atoms. The van der Waals surface area contributed by atoms with Crippen LogP contribution < -0.4 is 15.4 Å². The van der Waals surface area contributed by atoms with Gasteiger partial charge in [-0.15, -0.1) is 0 Å². The van der Waals surface area contributed by atoms with E-state index in [2.05, 4.69) is 22.5 Å². The van der Waals surface area contributed by atoms with Gasteiger partial charge in [0.2, 0.25) is 0 Å². The number of nitrogens with one attached hydrogen (secondary N) is 2. The lowest BCUT2D eigenvalue weighted by molar-refractivity contribution is 0.0934. The molecule has 4 rings (SSSR count). The molecule has 0 spiro atoms. The van der Waals surface area contributed by atoms with Crippen LogP contribution >= 0.6 is 0 Å². The average molecular weight is 520 g/mol. The lowest BCUT2D eigenvalue weighted by Crippen LogP contribution is -2.39. The molecule has 1 aliphatic rings. The Morgan fingerprint density at radius 3 is 2.61 bits per heavy atom. The summed E-state index contributed by atoms with van der Waals surface area (Å²) in [6.07, 6.45) is 5.19. The van der Waals surface area contributed by atoms with Gasteiger partial charge in [0.1, 0.15) is 5.65 Å². The first-order chi connectivity index (χ1) is 18.3. The molecule has 3 heterocycles. The Labute approximate surface area is 225 Å². The number of aryl methyl sites for hydroxylation is 2. The minimum Gasteiger partial charge on any atom is -0.488 e. The van der Waals surface area contributed by atoms with Crippen LogP contribution in [0, 0.1) is 0 Å². The highest BCUT2D eigenvalue weighted by Gasteiger charge is 2.26. The summed E-state index contributed by atoms with van der Waals surface area (Å²) in [5, 5.41) is 6.82. The molecule has 1 aliphatic heterocycles. The first-order valence-corrected chi connectivity index (χ1v) is 13.9. The summed E-state index contributed by atoms with van der Waals surface area (Å²) in [6.45, 7) is 10.9. The number of nitrogens with zero attached hydrogens (tertiary/aromatic N) is 3. The highest BCUT2D eigenvalue weighted by molar-refractivity contribution is 6.07. The van der Waals surface area contributed by atoms with E-state index in [0.717, 1.165) is 25.2 Å². The van der Waals surface area contributed by atoms with E-state index >= 15 is 0 Å². The van der Waals surface area contributed by atoms with E-state index in [4.69, 9.17) is 9.72 Å². The number of hydrogen-bond acceptors (Lipinski definition) is 5. The smallest absolute Gasteiger partial charge is 0.271 e. The number of carbonyl (C=O) groups excluding carboxylic acids is 2. The van der Waals surface area contributed by atoms with Gasteiger partial charge in [0, 0.05) is 31.7 Å². The van der Waals surface area contributed by atoms with Crippen LogP contribution in [0.3, 0.4) is 0 Å². The van der Waals surface area contributed by atoms with Gasteiger partial charge >= 0.3 is 0 Å². The van der Waals surface area contributed by atoms with Crippen LogP contribution in [0.25, 0.3) is 11.0 Å². The quantitative estimate of drug-likeness (QED) is 0.361. The Morgan fingerprint density at radius 1 is 1.16 bits per heavy atom. The largest absolute Gasteiger partial charge is 0.488 e. The second kappa shape index (κ2) is 12.4. The van der Waals surface area contributed by atoms with Crippen molar-refractivity contribution in [2.75, 3.05) is 25.0 Å². The predicted octanol–water partition coefficient (Wildman–Crippen LogP) is 5.17. The molecule has 1 unspecified atom stereocenters. The average Bonchev–Trinajstić information content (AvgIpc) is 3.17. The van der Waals surface area contributed by atoms with Gasteiger partial charge < -0.3 is 24.8 Å². The molecule has 0 radical (unpaired) electrons. The summed E-state index contributed by atoms with van der Waals surface area (Å²) >= 11 is 0. The minimum absolute atomic E-state index is 0.138. The summed E-state index contributed by atoms with van der Waals surface area (Å²) in [6, 6.07) is 11.6. The normalized spacial score (nSPS) is 16.1. The van der Waals surface area contributed by atoms with Crippen LogP contribution in [0.15, 0.2) is 36.4 Å². The first kappa shape index (κ1) is 27.6. The summed E-state index contributed by atoms with van der Waals surface area (Å²) in [7, 11) is 1.84. The van der Waals surface area contributed by atoms with Gasteiger partial charge in [-0.1, -0.05) is 31.5 Å². The SMILES string of the molecule is CCc1nc2c(cc1NC(=O)c1ccccc1)c(OC(C)C)c(C(=O)NCCCN1CCCCC1C)n2C. The van der Waals surface area contributed by atoms with Gasteiger partial charge in [0.25, 0.3) is 11.8 Å². The van der Waals surface area contributed by atoms with Crippen molar-refractivity contribution in [2.45, 2.75) is 71.9 Å². The molecule has 0 saturated carbocycles. The van der Waals surface area contributed by atoms with Crippen LogP contribution in [-0.4, -0.2) is 58.0 Å². The maximum atomic E-state index is 13.4. The Kier molecular flexibility index (Phi) is 9.05. The number of fused-ring (bicyclic) bond motifs is 1. The fourth-order valence-corrected chi connectivity index (χ4v) is 5.18. The standard InChI is InChI=1S/C30H41N5O3/c1-6-24-25(33-29(36)22-14-8-7-9-15-22)19-23-27(38-20(2)3)26(34(5)28(23)32-24)30(37)31-16-12-18-35-17-11-10-13-21(35)4/h7-9,14-15,19-21H,6,10-13,16-18H2,1-5H3,(H,31,37)(H,33,36). The second-order valence-electron chi connectivity index (χ2n) is 10.4. The lowest BCUT2D eigenvalue weighted by Gasteiger charge is -2.33. The van der Waals surface area contributed by atoms with Crippen molar-refractivity contribution in [3.05, 3.63) is 53.3 Å². The molecule has 1 saturated heterocycles. The molecule has 2 amide bonds. The maximum Gasteiger partial charge on any atom is 0.271 e. The number of hydrogen-bond donors (Lipinski definition) is 2. The Hall–Kier alpha value is -3.39. The monoisotopic (exact) mass is 519 g/mol. The minimum atomic E-state index is -0.204. The van der Waals surface area contributed by atoms with Crippen molar-refractivity contribution in [1.82, 2.24) is 19.8 Å². The van der Waals surface area contributed by atoms with E-state index in [1.165, 1.54) is 19.3 Å². The topological polar surface area (TPSA) is 88.5 Å². The van der Waals surface area contributed by atoms with Crippen LogP contribution in [0.5, 0.6) is 5.75 Å². The number of anilines is 1. The number of amides is 2. The molecule has 1 aromatic carbocycles. The number of aromatic nitrogens is 2. The first-order valence-electron chi connectivity index (χ1n) is 13.9. The molecule has 0 aliphatic carbocycles. The Bertz CT molecular complexity index is 1270. The van der Waals surface area contributed by atoms with Crippen molar-refractivity contribution in [1.29, 1.82) is 0 Å². The number of carbonyl (C=O) groups is 2. The van der Waals surface area contributed by atoms with Gasteiger partial charge in [-0.25, -0.2) is 4.98 Å². The zero-order valence-corrected chi connectivity index (χ0v) is 23.3. The van der Waals surface area contributed by atoms with E-state index in [1.807, 2.05) is 52.1 Å². The summed E-state index contributed by atoms with van der Waals surface area (Å²) < 4.78 is 7.99. The Morgan fingerprint density at radius 2 is 1.92 bits per heavy atom. The maximum absolute atomic E-state index is 13.4. The van der Waals surface area contributed by atoms with Crippen LogP contribution in [0.2, 0.25) is 0 Å². The fourth-order valence-electron chi connectivity index (χ4n) is 5.18. The summed E-state index contributed by atoms with van der Waals surface area (Å²) in [4.78, 5) is 33.7. The van der Waals surface area contributed by atoms with E-state index in [0.29, 0.717) is 52.7 Å². The van der Waals surface area contributed by atoms with Gasteiger partial charge in [-0.05, 0) is 71.2 Å². The third-order valence-corrected chi connectivity index (χ3v) is 7.23. The summed E-state index contributed by atoms with van der Waals surface area (Å²) in [5.74, 6) is 0.107. The van der Waals surface area contributed by atoms with Crippen LogP contribution in [-0.2, 0) is 13.5 Å². The van der Waals surface area contributed by atoms with E-state index < -0.39 is 0 Å². The highest BCUT2D eigenvalue weighted by Crippen LogP contribution is 2.35. The van der Waals surface area contributed by atoms with Crippen molar-refractivity contribution < 1.29 is 14.3 Å². The van der Waals surface area contributed by atoms with Crippen molar-refractivity contribution in [3.8, 4) is 5.75 Å². The zero-order valence-electron chi connectivity index (χ0n) is 23.3. The molecule has 204 valence electrons. The van der Waals surface area contributed by atoms with E-state index in [-0.39, 0.29) is 17.9 Å². The van der Waals surface area contributed by atoms with Crippen LogP contribution in [0.1, 0.15) is 79.9 Å². The van der Waals surface area contributed by atoms with Crippen molar-refractivity contribution in [2.24, 2.45) is 7.05 Å². The zero-order chi connectivity index (χ0) is 27.2. The van der Waals surface area contributed by atoms with Gasteiger partial charge in [-0.2, -0.15) is 0 Å².